The molecule has 1 fully saturated rings. The lowest BCUT2D eigenvalue weighted by Crippen LogP contribution is -2.45. The molecule has 0 radical (unpaired) electrons. The monoisotopic (exact) mass is 552 g/mol. The van der Waals surface area contributed by atoms with E-state index in [4.69, 9.17) is 0 Å². The SMILES string of the molecule is O=C(c1ccc(NSc2cccc3cccnc23)cc1)N1CCC(O)(c2ccc(F)c(Br)n2)CC1. The van der Waals surface area contributed by atoms with Gasteiger partial charge in [0.25, 0.3) is 5.91 Å². The fourth-order valence-corrected chi connectivity index (χ4v) is 5.25. The number of hydrogen-bond acceptors (Lipinski definition) is 6. The number of hydrogen-bond donors (Lipinski definition) is 2. The van der Waals surface area contributed by atoms with Crippen LogP contribution < -0.4 is 4.72 Å². The lowest BCUT2D eigenvalue weighted by molar-refractivity contribution is -0.0246. The molecular formula is C26H22BrFN4O2S. The molecule has 4 aromatic rings. The minimum absolute atomic E-state index is 0.0745. The first kappa shape index (κ1) is 23.7. The fraction of sp³-hybridized carbons (Fsp3) is 0.192. The van der Waals surface area contributed by atoms with E-state index in [1.807, 2.05) is 42.5 Å². The zero-order valence-electron chi connectivity index (χ0n) is 18.6. The van der Waals surface area contributed by atoms with E-state index < -0.39 is 11.4 Å². The third-order valence-electron chi connectivity index (χ3n) is 6.16. The number of likely N-dealkylation sites (tertiary alicyclic amines) is 1. The second-order valence-corrected chi connectivity index (χ2v) is 10.0. The maximum absolute atomic E-state index is 13.5. The van der Waals surface area contributed by atoms with Crippen molar-refractivity contribution in [3.05, 3.63) is 94.6 Å². The molecule has 2 aromatic carbocycles. The number of aromatic nitrogens is 2. The van der Waals surface area contributed by atoms with Crippen LogP contribution in [0.3, 0.4) is 0 Å². The third-order valence-corrected chi connectivity index (χ3v) is 7.61. The summed E-state index contributed by atoms with van der Waals surface area (Å²) in [6.45, 7) is 0.770. The molecule has 9 heteroatoms. The Morgan fingerprint density at radius 3 is 2.54 bits per heavy atom. The summed E-state index contributed by atoms with van der Waals surface area (Å²) in [7, 11) is 0. The Balaban J connectivity index is 1.20. The van der Waals surface area contributed by atoms with Crippen LogP contribution in [-0.4, -0.2) is 39.0 Å². The molecule has 35 heavy (non-hydrogen) atoms. The van der Waals surface area contributed by atoms with E-state index in [-0.39, 0.29) is 10.5 Å². The minimum atomic E-state index is -1.19. The largest absolute Gasteiger partial charge is 0.383 e. The number of anilines is 1. The second-order valence-electron chi connectivity index (χ2n) is 8.41. The number of carbonyl (C=O) groups excluding carboxylic acids is 1. The number of para-hydroxylation sites is 1. The molecule has 1 aliphatic heterocycles. The summed E-state index contributed by atoms with van der Waals surface area (Å²) >= 11 is 4.55. The zero-order chi connectivity index (χ0) is 24.4. The van der Waals surface area contributed by atoms with Crippen molar-refractivity contribution in [2.24, 2.45) is 0 Å². The highest BCUT2D eigenvalue weighted by Gasteiger charge is 2.37. The maximum atomic E-state index is 13.5. The molecule has 0 unspecified atom stereocenters. The van der Waals surface area contributed by atoms with Crippen molar-refractivity contribution in [2.45, 2.75) is 23.3 Å². The molecule has 1 amide bonds. The van der Waals surface area contributed by atoms with E-state index >= 15 is 0 Å². The van der Waals surface area contributed by atoms with Crippen LogP contribution in [-0.2, 0) is 5.60 Å². The molecule has 0 aliphatic carbocycles. The molecule has 2 N–H and O–H groups in total. The van der Waals surface area contributed by atoms with Crippen LogP contribution >= 0.6 is 27.9 Å². The summed E-state index contributed by atoms with van der Waals surface area (Å²) in [6.07, 6.45) is 2.45. The van der Waals surface area contributed by atoms with Crippen LogP contribution in [0.25, 0.3) is 10.9 Å². The van der Waals surface area contributed by atoms with Gasteiger partial charge in [-0.25, -0.2) is 9.37 Å². The van der Waals surface area contributed by atoms with Crippen molar-refractivity contribution in [3.63, 3.8) is 0 Å². The molecule has 3 heterocycles. The number of piperidine rings is 1. The van der Waals surface area contributed by atoms with Crippen molar-refractivity contribution in [1.82, 2.24) is 14.9 Å². The van der Waals surface area contributed by atoms with E-state index in [1.165, 1.54) is 24.1 Å². The van der Waals surface area contributed by atoms with Gasteiger partial charge in [-0.15, -0.1) is 0 Å². The number of nitrogens with one attached hydrogen (secondary N) is 1. The van der Waals surface area contributed by atoms with Gasteiger partial charge >= 0.3 is 0 Å². The standard InChI is InChI=1S/C26H22BrFN4O2S/c27-24-20(28)10-11-22(30-24)26(34)12-15-32(16-13-26)25(33)18-6-8-19(9-7-18)31-35-21-5-1-3-17-4-2-14-29-23(17)21/h1-11,14,31,34H,12-13,15-16H2. The Morgan fingerprint density at radius 2 is 1.80 bits per heavy atom. The molecule has 0 spiro atoms. The predicted molar refractivity (Wildman–Crippen MR) is 139 cm³/mol. The molecule has 1 aliphatic rings. The van der Waals surface area contributed by atoms with E-state index in [9.17, 15) is 14.3 Å². The summed E-state index contributed by atoms with van der Waals surface area (Å²) in [5, 5.41) is 12.1. The van der Waals surface area contributed by atoms with Crippen molar-refractivity contribution in [1.29, 1.82) is 0 Å². The summed E-state index contributed by atoms with van der Waals surface area (Å²) in [5.41, 5.74) is 1.62. The van der Waals surface area contributed by atoms with Gasteiger partial charge in [0.05, 0.1) is 16.1 Å². The molecule has 178 valence electrons. The molecule has 0 bridgehead atoms. The number of pyridine rings is 2. The molecule has 0 atom stereocenters. The Bertz CT molecular complexity index is 1370. The van der Waals surface area contributed by atoms with Crippen LogP contribution in [0.1, 0.15) is 28.9 Å². The van der Waals surface area contributed by atoms with Gasteiger partial charge in [-0.2, -0.15) is 0 Å². The van der Waals surface area contributed by atoms with Crippen LogP contribution in [0, 0.1) is 5.82 Å². The molecule has 0 saturated carbocycles. The zero-order valence-corrected chi connectivity index (χ0v) is 21.0. The van der Waals surface area contributed by atoms with Crippen LogP contribution in [0.4, 0.5) is 10.1 Å². The fourth-order valence-electron chi connectivity index (χ4n) is 4.15. The van der Waals surface area contributed by atoms with E-state index in [1.54, 1.807) is 23.2 Å². The Labute approximate surface area is 214 Å². The van der Waals surface area contributed by atoms with Gasteiger partial charge in [0.15, 0.2) is 5.82 Å². The second kappa shape index (κ2) is 9.93. The smallest absolute Gasteiger partial charge is 0.253 e. The van der Waals surface area contributed by atoms with Gasteiger partial charge in [0.1, 0.15) is 10.2 Å². The third kappa shape index (κ3) is 5.03. The highest BCUT2D eigenvalue weighted by molar-refractivity contribution is 9.10. The topological polar surface area (TPSA) is 78.4 Å². The normalized spacial score (nSPS) is 15.2. The molecule has 6 nitrogen and oxygen atoms in total. The van der Waals surface area contributed by atoms with E-state index in [0.717, 1.165) is 21.5 Å². The Morgan fingerprint density at radius 1 is 1.06 bits per heavy atom. The van der Waals surface area contributed by atoms with Gasteiger partial charge in [-0.1, -0.05) is 18.2 Å². The number of halogens is 2. The maximum Gasteiger partial charge on any atom is 0.253 e. The number of carbonyl (C=O) groups is 1. The first-order valence-electron chi connectivity index (χ1n) is 11.1. The average molecular weight is 553 g/mol. The van der Waals surface area contributed by atoms with Gasteiger partial charge < -0.3 is 14.7 Å². The molecular weight excluding hydrogens is 531 g/mol. The number of fused-ring (bicyclic) bond motifs is 1. The van der Waals surface area contributed by atoms with Crippen molar-refractivity contribution in [3.8, 4) is 0 Å². The van der Waals surface area contributed by atoms with Gasteiger partial charge in [0.2, 0.25) is 0 Å². The quantitative estimate of drug-likeness (QED) is 0.241. The lowest BCUT2D eigenvalue weighted by Gasteiger charge is -2.38. The predicted octanol–water partition coefficient (Wildman–Crippen LogP) is 5.77. The summed E-state index contributed by atoms with van der Waals surface area (Å²) in [6, 6.07) is 20.1. The van der Waals surface area contributed by atoms with Crippen molar-refractivity contribution < 1.29 is 14.3 Å². The highest BCUT2D eigenvalue weighted by Crippen LogP contribution is 2.33. The van der Waals surface area contributed by atoms with Gasteiger partial charge in [-0.05, 0) is 89.3 Å². The number of aliphatic hydroxyl groups is 1. The van der Waals surface area contributed by atoms with Crippen LogP contribution in [0.2, 0.25) is 0 Å². The molecule has 5 rings (SSSR count). The Kier molecular flexibility index (Phi) is 6.73. The van der Waals surface area contributed by atoms with Gasteiger partial charge in [0, 0.05) is 35.9 Å². The number of benzene rings is 2. The van der Waals surface area contributed by atoms with Gasteiger partial charge in [-0.3, -0.25) is 9.78 Å². The number of amides is 1. The summed E-state index contributed by atoms with van der Waals surface area (Å²) < 4.78 is 16.9. The van der Waals surface area contributed by atoms with Crippen molar-refractivity contribution in [2.75, 3.05) is 17.8 Å². The van der Waals surface area contributed by atoms with Crippen LogP contribution in [0.15, 0.2) is 82.4 Å². The van der Waals surface area contributed by atoms with E-state index in [2.05, 4.69) is 30.6 Å². The summed E-state index contributed by atoms with van der Waals surface area (Å²) in [5.74, 6) is -0.562. The molecule has 1 saturated heterocycles. The minimum Gasteiger partial charge on any atom is -0.383 e. The number of nitrogens with zero attached hydrogens (tertiary/aromatic N) is 3. The summed E-state index contributed by atoms with van der Waals surface area (Å²) in [4.78, 5) is 24.4. The first-order valence-corrected chi connectivity index (χ1v) is 12.7. The Hall–Kier alpha value is -3.01. The highest BCUT2D eigenvalue weighted by atomic mass is 79.9. The van der Waals surface area contributed by atoms with Crippen LogP contribution in [0.5, 0.6) is 0 Å². The average Bonchev–Trinajstić information content (AvgIpc) is 2.89. The molecule has 2 aromatic heterocycles. The lowest BCUT2D eigenvalue weighted by atomic mass is 9.87. The first-order chi connectivity index (χ1) is 16.9. The van der Waals surface area contributed by atoms with E-state index in [0.29, 0.717) is 37.2 Å². The van der Waals surface area contributed by atoms with Crippen molar-refractivity contribution >= 4 is 50.4 Å². The number of rotatable bonds is 5.